The van der Waals surface area contributed by atoms with Crippen LogP contribution in [-0.2, 0) is 4.79 Å². The molecule has 1 aliphatic carbocycles. The van der Waals surface area contributed by atoms with Crippen molar-refractivity contribution in [2.75, 3.05) is 6.54 Å². The normalized spacial score (nSPS) is 19.2. The molecule has 1 N–H and O–H groups in total. The molecule has 76 valence electrons. The van der Waals surface area contributed by atoms with Crippen molar-refractivity contribution in [1.82, 2.24) is 5.32 Å². The average molecular weight is 248 g/mol. The lowest BCUT2D eigenvalue weighted by Crippen LogP contribution is -2.29. The molecule has 0 aliphatic heterocycles. The van der Waals surface area contributed by atoms with Gasteiger partial charge in [0.1, 0.15) is 0 Å². The molecule has 0 aromatic carbocycles. The first-order valence-corrected chi connectivity index (χ1v) is 6.01. The number of amides is 1. The van der Waals surface area contributed by atoms with Gasteiger partial charge in [-0.1, -0.05) is 29.3 Å². The summed E-state index contributed by atoms with van der Waals surface area (Å²) in [6.07, 6.45) is 5.58. The molecule has 1 amide bonds. The third kappa shape index (κ3) is 4.65. The fraction of sp³-hybridized carbons (Fsp3) is 0.900. The second-order valence-electron chi connectivity index (χ2n) is 3.92. The molecule has 0 saturated heterocycles. The predicted molar refractivity (Wildman–Crippen MR) is 58.0 cm³/mol. The smallest absolute Gasteiger partial charge is 0.220 e. The Morgan fingerprint density at radius 2 is 2.31 bits per heavy atom. The third-order valence-electron chi connectivity index (χ3n) is 2.56. The maximum atomic E-state index is 11.3. The number of hydrogen-bond donors (Lipinski definition) is 1. The zero-order valence-corrected chi connectivity index (χ0v) is 9.77. The highest BCUT2D eigenvalue weighted by molar-refractivity contribution is 9.09. The standard InChI is InChI=1S/C10H18BrNO/c1-8(11)5-6-12-10(13)7-9-3-2-4-9/h8-9H,2-7H2,1H3,(H,12,13). The van der Waals surface area contributed by atoms with E-state index in [0.29, 0.717) is 10.7 Å². The summed E-state index contributed by atoms with van der Waals surface area (Å²) in [7, 11) is 0. The van der Waals surface area contributed by atoms with Crippen LogP contribution in [0, 0.1) is 5.92 Å². The maximum absolute atomic E-state index is 11.3. The first-order chi connectivity index (χ1) is 6.18. The fourth-order valence-corrected chi connectivity index (χ4v) is 1.67. The summed E-state index contributed by atoms with van der Waals surface area (Å²) >= 11 is 3.45. The Morgan fingerprint density at radius 1 is 1.62 bits per heavy atom. The molecule has 0 bridgehead atoms. The lowest BCUT2D eigenvalue weighted by molar-refractivity contribution is -0.122. The van der Waals surface area contributed by atoms with E-state index in [4.69, 9.17) is 0 Å². The van der Waals surface area contributed by atoms with Crippen LogP contribution in [0.2, 0.25) is 0 Å². The lowest BCUT2D eigenvalue weighted by Gasteiger charge is -2.24. The molecule has 1 unspecified atom stereocenters. The highest BCUT2D eigenvalue weighted by atomic mass is 79.9. The van der Waals surface area contributed by atoms with Gasteiger partial charge >= 0.3 is 0 Å². The summed E-state index contributed by atoms with van der Waals surface area (Å²) < 4.78 is 0. The fourth-order valence-electron chi connectivity index (χ4n) is 1.44. The van der Waals surface area contributed by atoms with Crippen molar-refractivity contribution < 1.29 is 4.79 Å². The molecule has 0 spiro atoms. The maximum Gasteiger partial charge on any atom is 0.220 e. The molecule has 1 saturated carbocycles. The number of carbonyl (C=O) groups excluding carboxylic acids is 1. The van der Waals surface area contributed by atoms with E-state index in [1.165, 1.54) is 19.3 Å². The minimum absolute atomic E-state index is 0.234. The van der Waals surface area contributed by atoms with Crippen LogP contribution in [0.15, 0.2) is 0 Å². The van der Waals surface area contributed by atoms with E-state index >= 15 is 0 Å². The van der Waals surface area contributed by atoms with Crippen molar-refractivity contribution in [3.63, 3.8) is 0 Å². The summed E-state index contributed by atoms with van der Waals surface area (Å²) in [6, 6.07) is 0. The van der Waals surface area contributed by atoms with Gasteiger partial charge in [-0.3, -0.25) is 4.79 Å². The Kier molecular flexibility index (Phi) is 4.78. The van der Waals surface area contributed by atoms with Gasteiger partial charge < -0.3 is 5.32 Å². The zero-order valence-electron chi connectivity index (χ0n) is 8.18. The van der Waals surface area contributed by atoms with E-state index in [1.54, 1.807) is 0 Å². The summed E-state index contributed by atoms with van der Waals surface area (Å²) in [5.41, 5.74) is 0. The SMILES string of the molecule is CC(Br)CCNC(=O)CC1CCC1. The van der Waals surface area contributed by atoms with Crippen molar-refractivity contribution in [2.45, 2.75) is 43.9 Å². The van der Waals surface area contributed by atoms with Crippen LogP contribution in [0.4, 0.5) is 0 Å². The first kappa shape index (κ1) is 11.0. The van der Waals surface area contributed by atoms with Crippen LogP contribution in [0.1, 0.15) is 39.0 Å². The van der Waals surface area contributed by atoms with Crippen LogP contribution < -0.4 is 5.32 Å². The van der Waals surface area contributed by atoms with E-state index in [9.17, 15) is 4.79 Å². The number of rotatable bonds is 5. The van der Waals surface area contributed by atoms with E-state index in [2.05, 4.69) is 28.2 Å². The number of halogens is 1. The largest absolute Gasteiger partial charge is 0.356 e. The van der Waals surface area contributed by atoms with Gasteiger partial charge in [0.2, 0.25) is 5.91 Å². The molecule has 1 aliphatic rings. The Bertz CT molecular complexity index is 166. The molecule has 3 heteroatoms. The number of hydrogen-bond acceptors (Lipinski definition) is 1. The molecule has 13 heavy (non-hydrogen) atoms. The summed E-state index contributed by atoms with van der Waals surface area (Å²) in [6.45, 7) is 2.90. The van der Waals surface area contributed by atoms with Gasteiger partial charge in [-0.25, -0.2) is 0 Å². The summed E-state index contributed by atoms with van der Waals surface area (Å²) in [4.78, 5) is 11.8. The van der Waals surface area contributed by atoms with Crippen molar-refractivity contribution in [3.05, 3.63) is 0 Å². The van der Waals surface area contributed by atoms with Gasteiger partial charge in [0.15, 0.2) is 0 Å². The predicted octanol–water partition coefficient (Wildman–Crippen LogP) is 2.47. The molecule has 0 aromatic rings. The second-order valence-corrected chi connectivity index (χ2v) is 5.48. The van der Waals surface area contributed by atoms with Crippen LogP contribution >= 0.6 is 15.9 Å². The Morgan fingerprint density at radius 3 is 2.77 bits per heavy atom. The topological polar surface area (TPSA) is 29.1 Å². The van der Waals surface area contributed by atoms with Gasteiger partial charge in [0, 0.05) is 17.8 Å². The summed E-state index contributed by atoms with van der Waals surface area (Å²) in [5.74, 6) is 0.916. The van der Waals surface area contributed by atoms with Crippen molar-refractivity contribution in [3.8, 4) is 0 Å². The molecule has 2 nitrogen and oxygen atoms in total. The molecular formula is C10H18BrNO. The molecule has 1 rings (SSSR count). The van der Waals surface area contributed by atoms with Gasteiger partial charge in [-0.2, -0.15) is 0 Å². The lowest BCUT2D eigenvalue weighted by atomic mass is 9.83. The average Bonchev–Trinajstić information content (AvgIpc) is 1.96. The molecular weight excluding hydrogens is 230 g/mol. The Balaban J connectivity index is 1.97. The van der Waals surface area contributed by atoms with E-state index < -0.39 is 0 Å². The monoisotopic (exact) mass is 247 g/mol. The Labute approximate surface area is 88.6 Å². The number of carbonyl (C=O) groups is 1. The van der Waals surface area contributed by atoms with Crippen LogP contribution in [0.5, 0.6) is 0 Å². The van der Waals surface area contributed by atoms with E-state index in [1.807, 2.05) is 0 Å². The van der Waals surface area contributed by atoms with Crippen LogP contribution in [0.3, 0.4) is 0 Å². The molecule has 0 radical (unpaired) electrons. The van der Waals surface area contributed by atoms with Crippen molar-refractivity contribution in [2.24, 2.45) is 5.92 Å². The first-order valence-electron chi connectivity index (χ1n) is 5.09. The minimum Gasteiger partial charge on any atom is -0.356 e. The molecule has 1 fully saturated rings. The quantitative estimate of drug-likeness (QED) is 0.744. The van der Waals surface area contributed by atoms with Crippen LogP contribution in [-0.4, -0.2) is 17.3 Å². The van der Waals surface area contributed by atoms with Crippen molar-refractivity contribution >= 4 is 21.8 Å². The molecule has 0 aromatic heterocycles. The molecule has 1 atom stereocenters. The van der Waals surface area contributed by atoms with Gasteiger partial charge in [-0.05, 0) is 25.2 Å². The van der Waals surface area contributed by atoms with E-state index in [0.717, 1.165) is 19.4 Å². The van der Waals surface area contributed by atoms with Crippen molar-refractivity contribution in [1.29, 1.82) is 0 Å². The van der Waals surface area contributed by atoms with Gasteiger partial charge in [0.25, 0.3) is 0 Å². The number of alkyl halides is 1. The Hall–Kier alpha value is -0.0500. The highest BCUT2D eigenvalue weighted by Gasteiger charge is 2.20. The van der Waals surface area contributed by atoms with Gasteiger partial charge in [-0.15, -0.1) is 0 Å². The third-order valence-corrected chi connectivity index (χ3v) is 3.02. The number of nitrogens with one attached hydrogen (secondary N) is 1. The second kappa shape index (κ2) is 5.63. The van der Waals surface area contributed by atoms with Crippen LogP contribution in [0.25, 0.3) is 0 Å². The highest BCUT2D eigenvalue weighted by Crippen LogP contribution is 2.28. The zero-order chi connectivity index (χ0) is 9.68. The van der Waals surface area contributed by atoms with Gasteiger partial charge in [0.05, 0.1) is 0 Å². The minimum atomic E-state index is 0.234. The summed E-state index contributed by atoms with van der Waals surface area (Å²) in [5, 5.41) is 2.94. The van der Waals surface area contributed by atoms with E-state index in [-0.39, 0.29) is 5.91 Å². The molecule has 0 heterocycles.